The number of carbonyl (C=O) groups is 1. The van der Waals surface area contributed by atoms with Crippen molar-refractivity contribution in [2.24, 2.45) is 0 Å². The van der Waals surface area contributed by atoms with Gasteiger partial charge in [-0.15, -0.1) is 11.3 Å². The summed E-state index contributed by atoms with van der Waals surface area (Å²) in [6.07, 6.45) is 2.87. The monoisotopic (exact) mass is 475 g/mol. The first-order chi connectivity index (χ1) is 15.4. The number of thiazole rings is 1. The van der Waals surface area contributed by atoms with Crippen LogP contribution in [0.3, 0.4) is 0 Å². The molecule has 4 rings (SSSR count). The molecule has 0 radical (unpaired) electrons. The first kappa shape index (κ1) is 22.3. The summed E-state index contributed by atoms with van der Waals surface area (Å²) in [5.74, 6) is -0.354. The molecule has 0 atom stereocenters. The molecule has 0 unspecified atom stereocenters. The molecular weight excluding hydrogens is 457 g/mol. The molecule has 0 bridgehead atoms. The van der Waals surface area contributed by atoms with E-state index in [0.29, 0.717) is 37.7 Å². The van der Waals surface area contributed by atoms with Crippen LogP contribution in [-0.2, 0) is 27.4 Å². The zero-order valence-corrected chi connectivity index (χ0v) is 18.7. The number of aromatic nitrogens is 1. The maximum Gasteiger partial charge on any atom is 0.333 e. The van der Waals surface area contributed by atoms with Gasteiger partial charge in [0.25, 0.3) is 5.56 Å². The lowest BCUT2D eigenvalue weighted by Crippen LogP contribution is -2.32. The number of rotatable bonds is 5. The normalized spacial score (nSPS) is 14.2. The fraction of sp³-hybridized carbons (Fsp3) is 0.217. The summed E-state index contributed by atoms with van der Waals surface area (Å²) in [6, 6.07) is 9.40. The van der Waals surface area contributed by atoms with Crippen LogP contribution in [0.5, 0.6) is 5.75 Å². The van der Waals surface area contributed by atoms with E-state index in [-0.39, 0.29) is 25.5 Å². The average molecular weight is 476 g/mol. The predicted octanol–water partition coefficient (Wildman–Crippen LogP) is 2.79. The molecule has 1 aromatic heterocycles. The SMILES string of the molecule is CCOC(=O)/C=c1\s/c(=C/c2cccc(F)c2)c(=O)n1Cc1cc(Cl)cc2c1OCOC2. The van der Waals surface area contributed by atoms with Crippen LogP contribution in [0.25, 0.3) is 12.2 Å². The Hall–Kier alpha value is -2.94. The molecule has 0 spiro atoms. The van der Waals surface area contributed by atoms with E-state index in [2.05, 4.69) is 0 Å². The van der Waals surface area contributed by atoms with Gasteiger partial charge in [-0.25, -0.2) is 9.18 Å². The van der Waals surface area contributed by atoms with Gasteiger partial charge in [-0.1, -0.05) is 23.7 Å². The Morgan fingerprint density at radius 3 is 2.97 bits per heavy atom. The van der Waals surface area contributed by atoms with Crippen molar-refractivity contribution in [2.75, 3.05) is 13.4 Å². The van der Waals surface area contributed by atoms with Gasteiger partial charge < -0.3 is 14.2 Å². The molecule has 6 nitrogen and oxygen atoms in total. The third-order valence-electron chi connectivity index (χ3n) is 4.69. The van der Waals surface area contributed by atoms with Crippen molar-refractivity contribution in [3.63, 3.8) is 0 Å². The lowest BCUT2D eigenvalue weighted by molar-refractivity contribution is -0.135. The molecule has 166 valence electrons. The third-order valence-corrected chi connectivity index (χ3v) is 5.97. The van der Waals surface area contributed by atoms with Gasteiger partial charge in [-0.05, 0) is 42.8 Å². The molecule has 0 saturated heterocycles. The van der Waals surface area contributed by atoms with Gasteiger partial charge in [0.05, 0.1) is 30.4 Å². The summed E-state index contributed by atoms with van der Waals surface area (Å²) in [4.78, 5) is 25.4. The van der Waals surface area contributed by atoms with Crippen LogP contribution in [-0.4, -0.2) is 23.9 Å². The zero-order valence-electron chi connectivity index (χ0n) is 17.1. The van der Waals surface area contributed by atoms with E-state index in [1.54, 1.807) is 37.3 Å². The molecule has 1 aliphatic rings. The minimum atomic E-state index is -0.558. The van der Waals surface area contributed by atoms with Crippen LogP contribution < -0.4 is 19.5 Å². The predicted molar refractivity (Wildman–Crippen MR) is 120 cm³/mol. The first-order valence-corrected chi connectivity index (χ1v) is 11.0. The Labute approximate surface area is 191 Å². The van der Waals surface area contributed by atoms with E-state index in [1.807, 2.05) is 0 Å². The van der Waals surface area contributed by atoms with Gasteiger partial charge in [0, 0.05) is 16.1 Å². The van der Waals surface area contributed by atoms with Gasteiger partial charge in [-0.2, -0.15) is 0 Å². The van der Waals surface area contributed by atoms with Crippen molar-refractivity contribution in [2.45, 2.75) is 20.1 Å². The number of halogens is 2. The van der Waals surface area contributed by atoms with Crippen molar-refractivity contribution in [1.82, 2.24) is 4.57 Å². The Balaban J connectivity index is 1.86. The lowest BCUT2D eigenvalue weighted by atomic mass is 10.1. The third kappa shape index (κ3) is 4.93. The summed E-state index contributed by atoms with van der Waals surface area (Å²) in [6.45, 7) is 2.49. The standard InChI is InChI=1S/C23H19ClFNO5S/c1-2-30-21(27)10-20-26(11-15-8-17(24)9-16-12-29-13-31-22(15)16)23(28)19(32-20)7-14-4-3-5-18(25)6-14/h3-10H,2,11-13H2,1H3/b19-7+,20-10-. The fourth-order valence-electron chi connectivity index (χ4n) is 3.37. The van der Waals surface area contributed by atoms with Gasteiger partial charge in [0.15, 0.2) is 6.79 Å². The lowest BCUT2D eigenvalue weighted by Gasteiger charge is -2.21. The van der Waals surface area contributed by atoms with Crippen molar-refractivity contribution in [3.05, 3.63) is 83.5 Å². The van der Waals surface area contributed by atoms with Crippen molar-refractivity contribution < 1.29 is 23.4 Å². The minimum absolute atomic E-state index is 0.0978. The molecule has 1 aliphatic heterocycles. The average Bonchev–Trinajstić information content (AvgIpc) is 3.02. The van der Waals surface area contributed by atoms with Crippen molar-refractivity contribution in [3.8, 4) is 5.75 Å². The largest absolute Gasteiger partial charge is 0.467 e. The highest BCUT2D eigenvalue weighted by Gasteiger charge is 2.18. The molecule has 0 aliphatic carbocycles. The first-order valence-electron chi connectivity index (χ1n) is 9.82. The number of hydrogen-bond acceptors (Lipinski definition) is 6. The van der Waals surface area contributed by atoms with E-state index in [4.69, 9.17) is 25.8 Å². The maximum atomic E-state index is 13.6. The molecule has 0 N–H and O–H groups in total. The van der Waals surface area contributed by atoms with Crippen LogP contribution in [0.15, 0.2) is 41.2 Å². The summed E-state index contributed by atoms with van der Waals surface area (Å²) < 4.78 is 31.8. The Morgan fingerprint density at radius 1 is 1.34 bits per heavy atom. The molecule has 0 saturated carbocycles. The molecule has 9 heteroatoms. The number of nitrogens with zero attached hydrogens (tertiary/aromatic N) is 1. The number of benzene rings is 2. The van der Waals surface area contributed by atoms with E-state index >= 15 is 0 Å². The zero-order chi connectivity index (χ0) is 22.7. The summed E-state index contributed by atoms with van der Waals surface area (Å²) >= 11 is 7.38. The van der Waals surface area contributed by atoms with Crippen LogP contribution in [0, 0.1) is 5.82 Å². The second-order valence-electron chi connectivity index (χ2n) is 6.96. The highest BCUT2D eigenvalue weighted by atomic mass is 35.5. The number of fused-ring (bicyclic) bond motifs is 1. The highest BCUT2D eigenvalue weighted by Crippen LogP contribution is 2.31. The quantitative estimate of drug-likeness (QED) is 0.531. The van der Waals surface area contributed by atoms with E-state index < -0.39 is 11.8 Å². The van der Waals surface area contributed by atoms with Crippen LogP contribution in [0.2, 0.25) is 5.02 Å². The number of ether oxygens (including phenoxy) is 3. The summed E-state index contributed by atoms with van der Waals surface area (Å²) in [5.41, 5.74) is 1.69. The fourth-order valence-corrected chi connectivity index (χ4v) is 4.66. The number of hydrogen-bond donors (Lipinski definition) is 0. The van der Waals surface area contributed by atoms with Gasteiger partial charge in [0.1, 0.15) is 16.2 Å². The van der Waals surface area contributed by atoms with Gasteiger partial charge in [0.2, 0.25) is 0 Å². The Bertz CT molecular complexity index is 1350. The minimum Gasteiger partial charge on any atom is -0.467 e. The Kier molecular flexibility index (Phi) is 6.74. The maximum absolute atomic E-state index is 13.6. The molecule has 0 amide bonds. The van der Waals surface area contributed by atoms with E-state index in [1.165, 1.54) is 22.8 Å². The van der Waals surface area contributed by atoms with E-state index in [0.717, 1.165) is 16.9 Å². The highest BCUT2D eigenvalue weighted by molar-refractivity contribution is 7.07. The van der Waals surface area contributed by atoms with Crippen LogP contribution in [0.1, 0.15) is 23.6 Å². The second-order valence-corrected chi connectivity index (χ2v) is 8.45. The summed E-state index contributed by atoms with van der Waals surface area (Å²) in [5, 5.41) is 0.485. The smallest absolute Gasteiger partial charge is 0.333 e. The van der Waals surface area contributed by atoms with Crippen molar-refractivity contribution >= 4 is 41.1 Å². The van der Waals surface area contributed by atoms with Crippen LogP contribution in [0.4, 0.5) is 4.39 Å². The van der Waals surface area contributed by atoms with Crippen molar-refractivity contribution in [1.29, 1.82) is 0 Å². The van der Waals surface area contributed by atoms with E-state index in [9.17, 15) is 14.0 Å². The number of carbonyl (C=O) groups excluding carboxylic acids is 1. The molecule has 0 fully saturated rings. The van der Waals surface area contributed by atoms with Gasteiger partial charge >= 0.3 is 5.97 Å². The topological polar surface area (TPSA) is 66.8 Å². The molecular formula is C23H19ClFNO5S. The number of esters is 1. The summed E-state index contributed by atoms with van der Waals surface area (Å²) in [7, 11) is 0. The van der Waals surface area contributed by atoms with Crippen LogP contribution >= 0.6 is 22.9 Å². The molecule has 3 aromatic rings. The molecule has 2 aromatic carbocycles. The van der Waals surface area contributed by atoms with Gasteiger partial charge in [-0.3, -0.25) is 9.36 Å². The molecule has 32 heavy (non-hydrogen) atoms. The second kappa shape index (κ2) is 9.68. The Morgan fingerprint density at radius 2 is 2.19 bits per heavy atom. The molecule has 2 heterocycles.